The number of aliphatic hydroxyl groups excluding tert-OH is 1. The lowest BCUT2D eigenvalue weighted by atomic mass is 9.72. The van der Waals surface area contributed by atoms with Crippen LogP contribution in [-0.2, 0) is 16.0 Å². The number of fused-ring (bicyclic) bond motifs is 1. The average Bonchev–Trinajstić information content (AvgIpc) is 3.38. The van der Waals surface area contributed by atoms with Crippen LogP contribution in [-0.4, -0.2) is 70.1 Å². The van der Waals surface area contributed by atoms with Gasteiger partial charge in [-0.2, -0.15) is 11.8 Å². The summed E-state index contributed by atoms with van der Waals surface area (Å²) in [4.78, 5) is 28.6. The number of benzene rings is 1. The summed E-state index contributed by atoms with van der Waals surface area (Å²) in [5.74, 6) is 3.17. The molecule has 2 aliphatic heterocycles. The van der Waals surface area contributed by atoms with Gasteiger partial charge in [-0.05, 0) is 69.6 Å². The molecule has 0 aromatic heterocycles. The van der Waals surface area contributed by atoms with Crippen molar-refractivity contribution >= 4 is 23.6 Å². The van der Waals surface area contributed by atoms with Gasteiger partial charge in [0.05, 0.1) is 18.2 Å². The second-order valence-electron chi connectivity index (χ2n) is 12.2. The second-order valence-corrected chi connectivity index (χ2v) is 13.3. The topological polar surface area (TPSA) is 81.7 Å². The Morgan fingerprint density at radius 1 is 1.08 bits per heavy atom. The Morgan fingerprint density at radius 3 is 2.47 bits per heavy atom. The number of likely N-dealkylation sites (tertiary alicyclic amines) is 1. The Balaban J connectivity index is 1.50. The highest BCUT2D eigenvalue weighted by atomic mass is 32.2. The molecule has 0 radical (unpaired) electrons. The molecule has 1 aromatic carbocycles. The zero-order chi connectivity index (χ0) is 25.7. The van der Waals surface area contributed by atoms with Gasteiger partial charge < -0.3 is 15.7 Å². The first-order chi connectivity index (χ1) is 17.2. The lowest BCUT2D eigenvalue weighted by Crippen LogP contribution is -2.60. The molecular weight excluding hydrogens is 470 g/mol. The fraction of sp³-hybridized carbons (Fsp3) is 0.724. The molecule has 6 atom stereocenters. The molecular formula is C29H45N3O3S. The van der Waals surface area contributed by atoms with Crippen molar-refractivity contribution in [3.63, 3.8) is 0 Å². The highest BCUT2D eigenvalue weighted by molar-refractivity contribution is 7.99. The van der Waals surface area contributed by atoms with Gasteiger partial charge in [-0.25, -0.2) is 0 Å². The van der Waals surface area contributed by atoms with E-state index in [-0.39, 0.29) is 35.4 Å². The van der Waals surface area contributed by atoms with E-state index in [1.165, 1.54) is 25.7 Å². The molecule has 2 amide bonds. The molecule has 6 nitrogen and oxygen atoms in total. The predicted molar refractivity (Wildman–Crippen MR) is 147 cm³/mol. The number of nitrogens with one attached hydrogen (secondary N) is 2. The highest BCUT2D eigenvalue weighted by Crippen LogP contribution is 2.39. The van der Waals surface area contributed by atoms with Crippen molar-refractivity contribution in [2.75, 3.05) is 24.6 Å². The van der Waals surface area contributed by atoms with Crippen molar-refractivity contribution in [1.29, 1.82) is 0 Å². The maximum absolute atomic E-state index is 13.4. The smallest absolute Gasteiger partial charge is 0.237 e. The molecule has 1 aromatic rings. The van der Waals surface area contributed by atoms with E-state index in [2.05, 4.69) is 15.5 Å². The zero-order valence-corrected chi connectivity index (χ0v) is 23.1. The van der Waals surface area contributed by atoms with Gasteiger partial charge in [-0.1, -0.05) is 49.6 Å². The number of thioether (sulfide) groups is 1. The van der Waals surface area contributed by atoms with Crippen LogP contribution in [0.2, 0.25) is 0 Å². The molecule has 7 heteroatoms. The van der Waals surface area contributed by atoms with Gasteiger partial charge >= 0.3 is 0 Å². The molecule has 0 spiro atoms. The van der Waals surface area contributed by atoms with Crippen LogP contribution in [0.3, 0.4) is 0 Å². The van der Waals surface area contributed by atoms with Crippen molar-refractivity contribution in [3.8, 4) is 0 Å². The summed E-state index contributed by atoms with van der Waals surface area (Å²) in [6, 6.07) is 9.44. The Morgan fingerprint density at radius 2 is 1.81 bits per heavy atom. The number of piperidine rings is 1. The van der Waals surface area contributed by atoms with Gasteiger partial charge in [-0.3, -0.25) is 14.5 Å². The quantitative estimate of drug-likeness (QED) is 0.493. The van der Waals surface area contributed by atoms with Crippen LogP contribution in [0.4, 0.5) is 0 Å². The molecule has 2 heterocycles. The van der Waals surface area contributed by atoms with Gasteiger partial charge in [0, 0.05) is 30.3 Å². The summed E-state index contributed by atoms with van der Waals surface area (Å²) in [5, 5.41) is 17.9. The van der Waals surface area contributed by atoms with Gasteiger partial charge in [0.25, 0.3) is 0 Å². The normalized spacial score (nSPS) is 28.7. The summed E-state index contributed by atoms with van der Waals surface area (Å²) < 4.78 is 0. The standard InChI is InChI=1S/C29H45N3O3S/c1-29(2,3)31-28(35)25-16-21-11-7-8-12-22(21)17-32(25)18-26(33)24(15-20-9-5-4-6-10-20)30-27(34)23-13-14-36-19-23/h4-6,9-10,21-26,33H,7-8,11-19H2,1-3H3,(H,30,34)(H,31,35)/t21-,22+,23+,24-,25-,26+/m0/s1. The van der Waals surface area contributed by atoms with Crippen molar-refractivity contribution in [2.45, 2.75) is 89.4 Å². The minimum Gasteiger partial charge on any atom is -0.390 e. The first-order valence-corrected chi connectivity index (χ1v) is 15.0. The molecule has 1 aliphatic carbocycles. The Hall–Kier alpha value is -1.57. The molecule has 3 fully saturated rings. The van der Waals surface area contributed by atoms with Crippen LogP contribution in [0.25, 0.3) is 0 Å². The monoisotopic (exact) mass is 515 g/mol. The molecule has 1 saturated carbocycles. The van der Waals surface area contributed by atoms with Crippen LogP contribution in [0.15, 0.2) is 30.3 Å². The maximum atomic E-state index is 13.4. The predicted octanol–water partition coefficient (Wildman–Crippen LogP) is 3.62. The number of β-amino-alcohol motifs (C(OH)–C–C–N with tert-alkyl or cyclic N) is 1. The van der Waals surface area contributed by atoms with E-state index in [1.54, 1.807) is 0 Å². The van der Waals surface area contributed by atoms with E-state index < -0.39 is 6.10 Å². The highest BCUT2D eigenvalue weighted by Gasteiger charge is 2.42. The van der Waals surface area contributed by atoms with E-state index >= 15 is 0 Å². The fourth-order valence-corrected chi connectivity index (χ4v) is 7.41. The van der Waals surface area contributed by atoms with E-state index in [9.17, 15) is 14.7 Å². The third-order valence-corrected chi connectivity index (χ3v) is 9.28. The van der Waals surface area contributed by atoms with E-state index in [0.717, 1.165) is 36.5 Å². The van der Waals surface area contributed by atoms with Crippen molar-refractivity contribution < 1.29 is 14.7 Å². The number of hydrogen-bond donors (Lipinski definition) is 3. The second kappa shape index (κ2) is 12.3. The average molecular weight is 516 g/mol. The molecule has 3 N–H and O–H groups in total. The van der Waals surface area contributed by atoms with Crippen LogP contribution < -0.4 is 10.6 Å². The molecule has 0 bridgehead atoms. The number of aliphatic hydroxyl groups is 1. The van der Waals surface area contributed by atoms with E-state index in [0.29, 0.717) is 24.8 Å². The fourth-order valence-electron chi connectivity index (χ4n) is 6.19. The summed E-state index contributed by atoms with van der Waals surface area (Å²) in [7, 11) is 0. The number of amides is 2. The first kappa shape index (κ1) is 27.5. The minimum atomic E-state index is -0.756. The van der Waals surface area contributed by atoms with Gasteiger partial charge in [0.15, 0.2) is 0 Å². The molecule has 4 rings (SSSR count). The Kier molecular flexibility index (Phi) is 9.40. The third kappa shape index (κ3) is 7.48. The van der Waals surface area contributed by atoms with Crippen molar-refractivity contribution in [2.24, 2.45) is 17.8 Å². The largest absolute Gasteiger partial charge is 0.390 e. The first-order valence-electron chi connectivity index (χ1n) is 13.9. The van der Waals surface area contributed by atoms with Gasteiger partial charge in [-0.15, -0.1) is 0 Å². The van der Waals surface area contributed by atoms with Crippen LogP contribution in [0, 0.1) is 17.8 Å². The van der Waals surface area contributed by atoms with Crippen LogP contribution in [0.5, 0.6) is 0 Å². The van der Waals surface area contributed by atoms with Crippen molar-refractivity contribution in [3.05, 3.63) is 35.9 Å². The Bertz CT molecular complexity index is 868. The lowest BCUT2D eigenvalue weighted by molar-refractivity contribution is -0.133. The minimum absolute atomic E-state index is 0.0174. The van der Waals surface area contributed by atoms with Gasteiger partial charge in [0.1, 0.15) is 0 Å². The number of hydrogen-bond acceptors (Lipinski definition) is 5. The summed E-state index contributed by atoms with van der Waals surface area (Å²) in [6.45, 7) is 7.28. The molecule has 36 heavy (non-hydrogen) atoms. The maximum Gasteiger partial charge on any atom is 0.237 e. The van der Waals surface area contributed by atoms with Crippen molar-refractivity contribution in [1.82, 2.24) is 15.5 Å². The summed E-state index contributed by atoms with van der Waals surface area (Å²) in [5.41, 5.74) is 0.795. The van der Waals surface area contributed by atoms with Crippen LogP contribution >= 0.6 is 11.8 Å². The number of carbonyl (C=O) groups excluding carboxylic acids is 2. The number of rotatable bonds is 8. The summed E-state index contributed by atoms with van der Waals surface area (Å²) in [6.07, 6.45) is 6.48. The van der Waals surface area contributed by atoms with Gasteiger partial charge in [0.2, 0.25) is 11.8 Å². The zero-order valence-electron chi connectivity index (χ0n) is 22.2. The molecule has 0 unspecified atom stereocenters. The number of nitrogens with zero attached hydrogens (tertiary/aromatic N) is 1. The summed E-state index contributed by atoms with van der Waals surface area (Å²) >= 11 is 1.82. The van der Waals surface area contributed by atoms with E-state index in [4.69, 9.17) is 0 Å². The molecule has 2 saturated heterocycles. The molecule has 200 valence electrons. The lowest BCUT2D eigenvalue weighted by Gasteiger charge is -2.47. The SMILES string of the molecule is CC(C)(C)NC(=O)[C@@H]1C[C@@H]2CCCC[C@@H]2CN1C[C@@H](O)[C@H](Cc1ccccc1)NC(=O)[C@@H]1CCSC1. The Labute approximate surface area is 221 Å². The third-order valence-electron chi connectivity index (χ3n) is 8.12. The number of carbonyl (C=O) groups is 2. The molecule has 3 aliphatic rings. The van der Waals surface area contributed by atoms with E-state index in [1.807, 2.05) is 62.9 Å². The van der Waals surface area contributed by atoms with Crippen LogP contribution in [0.1, 0.15) is 64.9 Å².